The Kier molecular flexibility index (Phi) is 3.60. The Morgan fingerprint density at radius 1 is 1.24 bits per heavy atom. The zero-order valence-electron chi connectivity index (χ0n) is 10.5. The summed E-state index contributed by atoms with van der Waals surface area (Å²) in [5, 5.41) is 2.72. The van der Waals surface area contributed by atoms with E-state index >= 15 is 0 Å². The molecule has 0 aliphatic rings. The van der Waals surface area contributed by atoms with E-state index in [1.54, 1.807) is 18.2 Å². The van der Waals surface area contributed by atoms with E-state index in [4.69, 9.17) is 12.2 Å². The number of hydrogen-bond donors (Lipinski definition) is 3. The Morgan fingerprint density at radius 3 is 2.81 bits per heavy atom. The molecule has 1 heterocycles. The van der Waals surface area contributed by atoms with E-state index in [2.05, 4.69) is 31.2 Å². The normalized spacial score (nSPS) is 10.8. The fourth-order valence-corrected chi connectivity index (χ4v) is 2.66. The van der Waals surface area contributed by atoms with Gasteiger partial charge in [-0.15, -0.1) is 0 Å². The molecule has 2 aromatic carbocycles. The van der Waals surface area contributed by atoms with Gasteiger partial charge >= 0.3 is 0 Å². The Bertz CT molecular complexity index is 903. The summed E-state index contributed by atoms with van der Waals surface area (Å²) in [4.78, 5) is 18.0. The van der Waals surface area contributed by atoms with Crippen LogP contribution in [0.15, 0.2) is 40.9 Å². The van der Waals surface area contributed by atoms with E-state index in [1.165, 1.54) is 12.1 Å². The molecule has 3 N–H and O–H groups in total. The Hall–Kier alpha value is -1.99. The van der Waals surface area contributed by atoms with Crippen molar-refractivity contribution in [1.29, 1.82) is 0 Å². The third kappa shape index (κ3) is 2.88. The zero-order valence-corrected chi connectivity index (χ0v) is 12.9. The number of carbonyl (C=O) groups excluding carboxylic acids is 1. The van der Waals surface area contributed by atoms with Gasteiger partial charge in [0.05, 0.1) is 16.6 Å². The molecular weight excluding hydrogens is 357 g/mol. The summed E-state index contributed by atoms with van der Waals surface area (Å²) in [6, 6.07) is 9.61. The first-order chi connectivity index (χ1) is 10.0. The topological polar surface area (TPSA) is 60.7 Å². The average Bonchev–Trinajstić information content (AvgIpc) is 2.77. The number of anilines is 1. The molecule has 0 fully saturated rings. The monoisotopic (exact) mass is 365 g/mol. The molecular formula is C14H9BrFN3OS. The molecule has 106 valence electrons. The molecule has 3 aromatic rings. The van der Waals surface area contributed by atoms with Crippen LogP contribution in [0.1, 0.15) is 10.4 Å². The lowest BCUT2D eigenvalue weighted by molar-refractivity contribution is 0.102. The van der Waals surface area contributed by atoms with E-state index in [-0.39, 0.29) is 5.56 Å². The molecule has 0 unspecified atom stereocenters. The third-order valence-electron chi connectivity index (χ3n) is 2.92. The van der Waals surface area contributed by atoms with Crippen LogP contribution < -0.4 is 5.32 Å². The second-order valence-corrected chi connectivity index (χ2v) is 5.74. The van der Waals surface area contributed by atoms with Gasteiger partial charge < -0.3 is 15.3 Å². The van der Waals surface area contributed by atoms with Gasteiger partial charge in [0.1, 0.15) is 5.82 Å². The summed E-state index contributed by atoms with van der Waals surface area (Å²) in [6.45, 7) is 0. The molecule has 1 aromatic heterocycles. The van der Waals surface area contributed by atoms with E-state index in [9.17, 15) is 9.18 Å². The highest BCUT2D eigenvalue weighted by Gasteiger charge is 2.14. The molecule has 0 aliphatic heterocycles. The van der Waals surface area contributed by atoms with Gasteiger partial charge in [0.2, 0.25) is 0 Å². The number of rotatable bonds is 2. The summed E-state index contributed by atoms with van der Waals surface area (Å²) >= 11 is 8.30. The van der Waals surface area contributed by atoms with Gasteiger partial charge in [-0.3, -0.25) is 4.79 Å². The highest BCUT2D eigenvalue weighted by molar-refractivity contribution is 9.10. The van der Waals surface area contributed by atoms with E-state index in [0.717, 1.165) is 4.47 Å². The molecule has 0 spiro atoms. The average molecular weight is 366 g/mol. The van der Waals surface area contributed by atoms with Crippen molar-refractivity contribution in [2.45, 2.75) is 0 Å². The maximum absolute atomic E-state index is 13.6. The summed E-state index contributed by atoms with van der Waals surface area (Å²) in [6.07, 6.45) is 0. The van der Waals surface area contributed by atoms with Crippen LogP contribution in [-0.4, -0.2) is 15.9 Å². The molecule has 0 atom stereocenters. The van der Waals surface area contributed by atoms with Gasteiger partial charge in [-0.25, -0.2) is 4.39 Å². The number of aromatic amines is 2. The van der Waals surface area contributed by atoms with Crippen LogP contribution in [0, 0.1) is 10.6 Å². The fraction of sp³-hybridized carbons (Fsp3) is 0. The van der Waals surface area contributed by atoms with Crippen LogP contribution in [0.3, 0.4) is 0 Å². The number of hydrogen-bond acceptors (Lipinski definition) is 2. The quantitative estimate of drug-likeness (QED) is 0.590. The largest absolute Gasteiger partial charge is 0.331 e. The van der Waals surface area contributed by atoms with Crippen molar-refractivity contribution in [3.8, 4) is 0 Å². The summed E-state index contributed by atoms with van der Waals surface area (Å²) in [5.74, 6) is -0.921. The molecule has 0 saturated heterocycles. The minimum absolute atomic E-state index is 0.192. The van der Waals surface area contributed by atoms with E-state index < -0.39 is 11.7 Å². The first-order valence-electron chi connectivity index (χ1n) is 6.01. The zero-order chi connectivity index (χ0) is 15.0. The SMILES string of the molecule is O=C(Nc1cccc(Br)c1)c1cc(F)cc2[nH]c(=S)[nH]c12. The Morgan fingerprint density at radius 2 is 2.05 bits per heavy atom. The highest BCUT2D eigenvalue weighted by atomic mass is 79.9. The minimum Gasteiger partial charge on any atom is -0.331 e. The first kappa shape index (κ1) is 14.0. The van der Waals surface area contributed by atoms with Gasteiger partial charge in [-0.05, 0) is 42.5 Å². The molecule has 1 amide bonds. The molecule has 0 radical (unpaired) electrons. The second kappa shape index (κ2) is 5.42. The predicted molar refractivity (Wildman–Crippen MR) is 85.5 cm³/mol. The summed E-state index contributed by atoms with van der Waals surface area (Å²) in [5.41, 5.74) is 1.74. The van der Waals surface area contributed by atoms with Gasteiger partial charge in [-0.1, -0.05) is 22.0 Å². The minimum atomic E-state index is -0.507. The smallest absolute Gasteiger partial charge is 0.257 e. The van der Waals surface area contributed by atoms with Crippen molar-refractivity contribution in [2.24, 2.45) is 0 Å². The van der Waals surface area contributed by atoms with Gasteiger partial charge in [0, 0.05) is 10.2 Å². The number of halogens is 2. The maximum Gasteiger partial charge on any atom is 0.257 e. The Balaban J connectivity index is 2.03. The summed E-state index contributed by atoms with van der Waals surface area (Å²) < 4.78 is 14.8. The van der Waals surface area contributed by atoms with Gasteiger partial charge in [0.15, 0.2) is 4.77 Å². The number of nitrogens with one attached hydrogen (secondary N) is 3. The highest BCUT2D eigenvalue weighted by Crippen LogP contribution is 2.21. The molecule has 0 saturated carbocycles. The van der Waals surface area contributed by atoms with E-state index in [1.807, 2.05) is 6.07 Å². The van der Waals surface area contributed by atoms with Crippen molar-refractivity contribution < 1.29 is 9.18 Å². The lowest BCUT2D eigenvalue weighted by atomic mass is 10.1. The van der Waals surface area contributed by atoms with Crippen molar-refractivity contribution in [3.63, 3.8) is 0 Å². The second-order valence-electron chi connectivity index (χ2n) is 4.42. The molecule has 7 heteroatoms. The van der Waals surface area contributed by atoms with Crippen LogP contribution in [0.25, 0.3) is 11.0 Å². The number of benzene rings is 2. The van der Waals surface area contributed by atoms with E-state index in [0.29, 0.717) is 21.5 Å². The molecule has 0 aliphatic carbocycles. The molecule has 0 bridgehead atoms. The Labute approximate surface area is 132 Å². The van der Waals surface area contributed by atoms with Crippen LogP contribution in [0.5, 0.6) is 0 Å². The summed E-state index contributed by atoms with van der Waals surface area (Å²) in [7, 11) is 0. The lowest BCUT2D eigenvalue weighted by Gasteiger charge is -2.07. The van der Waals surface area contributed by atoms with Crippen LogP contribution in [0.4, 0.5) is 10.1 Å². The van der Waals surface area contributed by atoms with Gasteiger partial charge in [-0.2, -0.15) is 0 Å². The van der Waals surface area contributed by atoms with Crippen LogP contribution in [-0.2, 0) is 0 Å². The third-order valence-corrected chi connectivity index (χ3v) is 3.61. The molecule has 21 heavy (non-hydrogen) atoms. The van der Waals surface area contributed by atoms with Crippen molar-refractivity contribution in [2.75, 3.05) is 5.32 Å². The van der Waals surface area contributed by atoms with Crippen LogP contribution >= 0.6 is 28.1 Å². The molecule has 3 rings (SSSR count). The van der Waals surface area contributed by atoms with Crippen molar-refractivity contribution >= 4 is 50.8 Å². The van der Waals surface area contributed by atoms with Crippen molar-refractivity contribution in [3.05, 3.63) is 57.0 Å². The standard InChI is InChI=1S/C14H9BrFN3OS/c15-7-2-1-3-9(4-7)17-13(20)10-5-8(16)6-11-12(10)19-14(21)18-11/h1-6H,(H,17,20)(H2,18,19,21). The molecule has 4 nitrogen and oxygen atoms in total. The lowest BCUT2D eigenvalue weighted by Crippen LogP contribution is -2.12. The number of imidazole rings is 1. The number of H-pyrrole nitrogens is 2. The van der Waals surface area contributed by atoms with Crippen molar-refractivity contribution in [1.82, 2.24) is 9.97 Å². The maximum atomic E-state index is 13.6. The van der Waals surface area contributed by atoms with Gasteiger partial charge in [0.25, 0.3) is 5.91 Å². The fourth-order valence-electron chi connectivity index (χ4n) is 2.05. The first-order valence-corrected chi connectivity index (χ1v) is 7.21. The number of fused-ring (bicyclic) bond motifs is 1. The predicted octanol–water partition coefficient (Wildman–Crippen LogP) is 4.38. The number of aromatic nitrogens is 2. The number of carbonyl (C=O) groups is 1. The van der Waals surface area contributed by atoms with Crippen LogP contribution in [0.2, 0.25) is 0 Å². The number of amides is 1.